The van der Waals surface area contributed by atoms with Gasteiger partial charge in [0, 0.05) is 13.1 Å². The molecular formula is C9H18N2O3S. The van der Waals surface area contributed by atoms with Gasteiger partial charge in [-0.1, -0.05) is 5.57 Å². The Kier molecular flexibility index (Phi) is 4.27. The van der Waals surface area contributed by atoms with Gasteiger partial charge in [-0.25, -0.2) is 13.4 Å². The van der Waals surface area contributed by atoms with Crippen LogP contribution in [0.1, 0.15) is 20.8 Å². The van der Waals surface area contributed by atoms with Crippen molar-refractivity contribution in [3.05, 3.63) is 10.5 Å². The van der Waals surface area contributed by atoms with Gasteiger partial charge in [0.15, 0.2) is 0 Å². The summed E-state index contributed by atoms with van der Waals surface area (Å²) in [6.45, 7) is 7.50. The molecule has 1 aliphatic heterocycles. The van der Waals surface area contributed by atoms with Gasteiger partial charge in [-0.05, 0) is 20.8 Å². The van der Waals surface area contributed by atoms with Gasteiger partial charge in [0.25, 0.3) is 0 Å². The summed E-state index contributed by atoms with van der Waals surface area (Å²) in [5, 5.41) is 1.67. The molecule has 0 radical (unpaired) electrons. The second-order valence-electron chi connectivity index (χ2n) is 3.75. The van der Waals surface area contributed by atoms with Crippen LogP contribution in [0.15, 0.2) is 10.5 Å². The summed E-state index contributed by atoms with van der Waals surface area (Å²) in [4.78, 5) is 2.93. The van der Waals surface area contributed by atoms with Crippen molar-refractivity contribution in [3.63, 3.8) is 0 Å². The fourth-order valence-electron chi connectivity index (χ4n) is 1.16. The molecule has 0 spiro atoms. The lowest BCUT2D eigenvalue weighted by atomic mass is 10.3. The van der Waals surface area contributed by atoms with Gasteiger partial charge in [-0.3, -0.25) is 0 Å². The van der Waals surface area contributed by atoms with Crippen molar-refractivity contribution in [2.45, 2.75) is 20.8 Å². The Hall–Kier alpha value is -0.430. The molecule has 0 bridgehead atoms. The van der Waals surface area contributed by atoms with Crippen LogP contribution in [0.5, 0.6) is 0 Å². The van der Waals surface area contributed by atoms with Crippen molar-refractivity contribution in [3.8, 4) is 0 Å². The van der Waals surface area contributed by atoms with E-state index < -0.39 is 10.0 Å². The number of ether oxygens (including phenoxy) is 1. The predicted molar refractivity (Wildman–Crippen MR) is 58.5 cm³/mol. The fourth-order valence-corrected chi connectivity index (χ4v) is 2.36. The number of nitrogens with zero attached hydrogens (tertiary/aromatic N) is 1. The second kappa shape index (κ2) is 5.07. The molecule has 0 aromatic carbocycles. The van der Waals surface area contributed by atoms with Gasteiger partial charge in [0.05, 0.1) is 18.1 Å². The zero-order valence-electron chi connectivity index (χ0n) is 9.41. The number of nitrogens with one attached hydrogen (secondary N) is 1. The molecule has 6 heteroatoms. The van der Waals surface area contributed by atoms with E-state index in [1.807, 2.05) is 0 Å². The van der Waals surface area contributed by atoms with Crippen LogP contribution in [-0.2, 0) is 14.8 Å². The third kappa shape index (κ3) is 3.57. The maximum Gasteiger partial charge on any atom is 0.249 e. The van der Waals surface area contributed by atoms with E-state index in [0.717, 1.165) is 5.57 Å². The first-order valence-electron chi connectivity index (χ1n) is 4.92. The summed E-state index contributed by atoms with van der Waals surface area (Å²) in [7, 11) is -3.36. The number of hydrogen-bond donors (Lipinski definition) is 1. The first-order valence-corrected chi connectivity index (χ1v) is 6.41. The Morgan fingerprint density at radius 1 is 1.20 bits per heavy atom. The summed E-state index contributed by atoms with van der Waals surface area (Å²) >= 11 is 0. The number of sulfonamides is 1. The van der Waals surface area contributed by atoms with Crippen LogP contribution in [0, 0.1) is 0 Å². The Morgan fingerprint density at radius 3 is 2.20 bits per heavy atom. The van der Waals surface area contributed by atoms with Crippen LogP contribution in [0.2, 0.25) is 0 Å². The smallest absolute Gasteiger partial charge is 0.249 e. The molecule has 0 aliphatic carbocycles. The number of hydrazine groups is 1. The minimum Gasteiger partial charge on any atom is -0.379 e. The van der Waals surface area contributed by atoms with E-state index >= 15 is 0 Å². The third-order valence-corrected chi connectivity index (χ3v) is 4.08. The van der Waals surface area contributed by atoms with Crippen molar-refractivity contribution in [2.75, 3.05) is 26.3 Å². The first kappa shape index (κ1) is 12.6. The largest absolute Gasteiger partial charge is 0.379 e. The second-order valence-corrected chi connectivity index (χ2v) is 5.55. The fraction of sp³-hybridized carbons (Fsp3) is 0.778. The van der Waals surface area contributed by atoms with E-state index in [4.69, 9.17) is 4.74 Å². The summed E-state index contributed by atoms with van der Waals surface area (Å²) in [6.07, 6.45) is 0. The molecule has 0 unspecified atom stereocenters. The van der Waals surface area contributed by atoms with Gasteiger partial charge in [-0.2, -0.15) is 0 Å². The van der Waals surface area contributed by atoms with Crippen molar-refractivity contribution < 1.29 is 13.2 Å². The van der Waals surface area contributed by atoms with Crippen molar-refractivity contribution >= 4 is 10.0 Å². The van der Waals surface area contributed by atoms with E-state index in [0.29, 0.717) is 31.2 Å². The number of rotatable bonds is 3. The summed E-state index contributed by atoms with van der Waals surface area (Å²) in [6, 6.07) is 0. The van der Waals surface area contributed by atoms with Crippen molar-refractivity contribution in [1.29, 1.82) is 0 Å². The highest BCUT2D eigenvalue weighted by Crippen LogP contribution is 2.10. The van der Waals surface area contributed by atoms with E-state index in [1.165, 1.54) is 0 Å². The minimum absolute atomic E-state index is 0.383. The van der Waals surface area contributed by atoms with E-state index in [1.54, 1.807) is 25.8 Å². The molecule has 1 N–H and O–H groups in total. The quantitative estimate of drug-likeness (QED) is 0.771. The van der Waals surface area contributed by atoms with Crippen LogP contribution in [0.4, 0.5) is 0 Å². The third-order valence-electron chi connectivity index (χ3n) is 2.37. The van der Waals surface area contributed by atoms with Gasteiger partial charge in [0.1, 0.15) is 0 Å². The number of morpholine rings is 1. The predicted octanol–water partition coefficient (Wildman–Crippen LogP) is 0.467. The lowest BCUT2D eigenvalue weighted by Gasteiger charge is -2.27. The minimum atomic E-state index is -3.36. The normalized spacial score (nSPS) is 18.9. The van der Waals surface area contributed by atoms with Crippen molar-refractivity contribution in [2.24, 2.45) is 0 Å². The average Bonchev–Trinajstić information content (AvgIpc) is 2.17. The summed E-state index contributed by atoms with van der Waals surface area (Å²) in [5.41, 5.74) is 0.802. The maximum absolute atomic E-state index is 11.8. The molecule has 0 saturated carbocycles. The molecule has 1 heterocycles. The lowest BCUT2D eigenvalue weighted by Crippen LogP contribution is -2.48. The highest BCUT2D eigenvalue weighted by Gasteiger charge is 2.20. The van der Waals surface area contributed by atoms with Gasteiger partial charge in [0.2, 0.25) is 10.0 Å². The van der Waals surface area contributed by atoms with E-state index in [-0.39, 0.29) is 0 Å². The molecule has 1 rings (SSSR count). The lowest BCUT2D eigenvalue weighted by molar-refractivity contribution is 0.0274. The maximum atomic E-state index is 11.8. The molecule has 15 heavy (non-hydrogen) atoms. The van der Waals surface area contributed by atoms with Crippen molar-refractivity contribution in [1.82, 2.24) is 9.84 Å². The van der Waals surface area contributed by atoms with Gasteiger partial charge < -0.3 is 4.74 Å². The first-order chi connectivity index (χ1) is 6.93. The zero-order chi connectivity index (χ0) is 11.5. The van der Waals surface area contributed by atoms with E-state index in [9.17, 15) is 8.42 Å². The monoisotopic (exact) mass is 234 g/mol. The van der Waals surface area contributed by atoms with Gasteiger partial charge in [-0.15, -0.1) is 4.83 Å². The Labute approximate surface area is 91.1 Å². The SMILES string of the molecule is CC(C)=C(C)S(=O)(=O)NN1CCOCC1. The molecule has 0 aromatic heterocycles. The summed E-state index contributed by atoms with van der Waals surface area (Å²) in [5.74, 6) is 0. The topological polar surface area (TPSA) is 58.6 Å². The van der Waals surface area contributed by atoms with Crippen LogP contribution in [0.3, 0.4) is 0 Å². The molecule has 1 aliphatic rings. The molecular weight excluding hydrogens is 216 g/mol. The van der Waals surface area contributed by atoms with Crippen LogP contribution < -0.4 is 4.83 Å². The molecule has 88 valence electrons. The van der Waals surface area contributed by atoms with E-state index in [2.05, 4.69) is 4.83 Å². The number of allylic oxidation sites excluding steroid dienone is 2. The molecule has 0 aromatic rings. The van der Waals surface area contributed by atoms with Crippen LogP contribution >= 0.6 is 0 Å². The Morgan fingerprint density at radius 2 is 1.73 bits per heavy atom. The highest BCUT2D eigenvalue weighted by atomic mass is 32.2. The molecule has 0 atom stereocenters. The summed E-state index contributed by atoms with van der Waals surface area (Å²) < 4.78 is 28.7. The van der Waals surface area contributed by atoms with Gasteiger partial charge >= 0.3 is 0 Å². The number of hydrogen-bond acceptors (Lipinski definition) is 4. The van der Waals surface area contributed by atoms with Crippen LogP contribution in [-0.4, -0.2) is 39.7 Å². The Bertz CT molecular complexity index is 338. The molecule has 0 amide bonds. The highest BCUT2D eigenvalue weighted by molar-refractivity contribution is 7.93. The molecule has 5 nitrogen and oxygen atoms in total. The van der Waals surface area contributed by atoms with Crippen LogP contribution in [0.25, 0.3) is 0 Å². The average molecular weight is 234 g/mol. The molecule has 1 fully saturated rings. The Balaban J connectivity index is 2.68. The standard InChI is InChI=1S/C9H18N2O3S/c1-8(2)9(3)15(12,13)10-11-4-6-14-7-5-11/h10H,4-7H2,1-3H3. The zero-order valence-corrected chi connectivity index (χ0v) is 10.2. The molecule has 1 saturated heterocycles.